The van der Waals surface area contributed by atoms with E-state index in [1.165, 1.54) is 20.5 Å². The minimum atomic E-state index is -0.215. The number of pyridine rings is 2. The number of benzene rings is 2. The van der Waals surface area contributed by atoms with Gasteiger partial charge in [0.2, 0.25) is 5.91 Å². The van der Waals surface area contributed by atoms with Crippen LogP contribution in [0.15, 0.2) is 61.1 Å². The van der Waals surface area contributed by atoms with Gasteiger partial charge >= 0.3 is 0 Å². The summed E-state index contributed by atoms with van der Waals surface area (Å²) in [6.45, 7) is 7.70. The van der Waals surface area contributed by atoms with Crippen LogP contribution in [0.5, 0.6) is 11.5 Å². The van der Waals surface area contributed by atoms with Gasteiger partial charge < -0.3 is 34.8 Å². The van der Waals surface area contributed by atoms with Gasteiger partial charge in [-0.05, 0) is 44.9 Å². The van der Waals surface area contributed by atoms with Crippen LogP contribution in [0.3, 0.4) is 0 Å². The highest BCUT2D eigenvalue weighted by Crippen LogP contribution is 2.47. The number of ether oxygens (including phenoxy) is 2. The number of hydrogen-bond acceptors (Lipinski definition) is 10. The largest absolute Gasteiger partial charge is 0.495 e. The number of fused-ring (bicyclic) bond motifs is 3. The molecule has 2 aromatic carbocycles. The van der Waals surface area contributed by atoms with Crippen molar-refractivity contribution >= 4 is 68.5 Å². The Morgan fingerprint density at radius 1 is 0.980 bits per heavy atom. The molecule has 2 N–H and O–H groups in total. The minimum absolute atomic E-state index is 0.215. The average Bonchev–Trinajstić information content (AvgIpc) is 3.60. The number of methoxy groups -OCH3 is 2. The molecule has 0 bridgehead atoms. The quantitative estimate of drug-likeness (QED) is 0.154. The lowest BCUT2D eigenvalue weighted by Gasteiger charge is -2.35. The number of carbonyl (C=O) groups is 1. The van der Waals surface area contributed by atoms with Crippen molar-refractivity contribution in [2.24, 2.45) is 0 Å². The lowest BCUT2D eigenvalue weighted by Crippen LogP contribution is -2.46. The molecule has 14 heteroatoms. The maximum absolute atomic E-state index is 13.0. The smallest absolute Gasteiger partial charge is 0.248 e. The van der Waals surface area contributed by atoms with Crippen LogP contribution in [0.4, 0.5) is 22.9 Å². The molecular formula is C35H39Cl2N9O3. The summed E-state index contributed by atoms with van der Waals surface area (Å²) < 4.78 is 12.7. The Hall–Kier alpha value is -4.62. The minimum Gasteiger partial charge on any atom is -0.495 e. The van der Waals surface area contributed by atoms with E-state index in [4.69, 9.17) is 37.7 Å². The molecule has 0 unspecified atom stereocenters. The molecule has 256 valence electrons. The van der Waals surface area contributed by atoms with Gasteiger partial charge in [0.15, 0.2) is 5.65 Å². The number of rotatable bonds is 11. The van der Waals surface area contributed by atoms with Crippen LogP contribution < -0.4 is 25.0 Å². The number of hydrogen-bond donors (Lipinski definition) is 2. The number of amides is 1. The number of likely N-dealkylation sites (N-methyl/N-ethyl adjacent to an activating group) is 2. The van der Waals surface area contributed by atoms with Crippen LogP contribution in [0.1, 0.15) is 6.92 Å². The zero-order valence-corrected chi connectivity index (χ0v) is 29.6. The summed E-state index contributed by atoms with van der Waals surface area (Å²) in [7, 11) is 6.97. The maximum Gasteiger partial charge on any atom is 0.248 e. The zero-order chi connectivity index (χ0) is 34.7. The van der Waals surface area contributed by atoms with Gasteiger partial charge in [0.25, 0.3) is 0 Å². The van der Waals surface area contributed by atoms with Crippen molar-refractivity contribution in [1.82, 2.24) is 29.4 Å². The molecule has 4 heterocycles. The van der Waals surface area contributed by atoms with Crippen LogP contribution >= 0.6 is 23.2 Å². The molecule has 0 spiro atoms. The van der Waals surface area contributed by atoms with E-state index in [1.54, 1.807) is 22.9 Å². The topological polar surface area (TPSA) is 112 Å². The van der Waals surface area contributed by atoms with Crippen molar-refractivity contribution < 1.29 is 14.3 Å². The Kier molecular flexibility index (Phi) is 10.4. The van der Waals surface area contributed by atoms with E-state index in [0.29, 0.717) is 62.1 Å². The molecule has 1 amide bonds. The lowest BCUT2D eigenvalue weighted by molar-refractivity contribution is -0.111. The zero-order valence-electron chi connectivity index (χ0n) is 28.1. The van der Waals surface area contributed by atoms with E-state index in [9.17, 15) is 4.79 Å². The highest BCUT2D eigenvalue weighted by molar-refractivity contribution is 6.41. The third-order valence-electron chi connectivity index (χ3n) is 8.52. The van der Waals surface area contributed by atoms with E-state index in [0.717, 1.165) is 49.3 Å². The molecule has 1 saturated heterocycles. The van der Waals surface area contributed by atoms with Gasteiger partial charge in [-0.25, -0.2) is 14.5 Å². The number of piperazine rings is 1. The molecule has 0 radical (unpaired) electrons. The first-order valence-electron chi connectivity index (χ1n) is 15.9. The van der Waals surface area contributed by atoms with Crippen LogP contribution in [0, 0.1) is 0 Å². The molecule has 1 fully saturated rings. The van der Waals surface area contributed by atoms with Crippen LogP contribution in [0.25, 0.3) is 27.7 Å². The van der Waals surface area contributed by atoms with E-state index in [2.05, 4.69) is 43.5 Å². The number of nitrogens with one attached hydrogen (secondary N) is 2. The van der Waals surface area contributed by atoms with Gasteiger partial charge in [0.05, 0.1) is 41.2 Å². The number of halogens is 2. The Morgan fingerprint density at radius 2 is 1.71 bits per heavy atom. The molecule has 5 aromatic rings. The van der Waals surface area contributed by atoms with Gasteiger partial charge in [-0.3, -0.25) is 4.79 Å². The van der Waals surface area contributed by atoms with Gasteiger partial charge in [-0.15, -0.1) is 0 Å². The average molecular weight is 705 g/mol. The summed E-state index contributed by atoms with van der Waals surface area (Å²) in [5.74, 6) is 1.17. The van der Waals surface area contributed by atoms with E-state index in [1.807, 2.05) is 49.3 Å². The van der Waals surface area contributed by atoms with Crippen molar-refractivity contribution in [2.45, 2.75) is 6.92 Å². The molecule has 3 aromatic heterocycles. The third kappa shape index (κ3) is 7.23. The second-order valence-electron chi connectivity index (χ2n) is 11.9. The first kappa shape index (κ1) is 34.3. The summed E-state index contributed by atoms with van der Waals surface area (Å²) in [6.07, 6.45) is 6.60. The van der Waals surface area contributed by atoms with E-state index >= 15 is 0 Å². The lowest BCUT2D eigenvalue weighted by atomic mass is 10.0. The van der Waals surface area contributed by atoms with E-state index in [-0.39, 0.29) is 5.91 Å². The Labute approximate surface area is 295 Å². The molecule has 12 nitrogen and oxygen atoms in total. The molecule has 0 atom stereocenters. The first-order valence-corrected chi connectivity index (χ1v) is 16.7. The molecule has 49 heavy (non-hydrogen) atoms. The summed E-state index contributed by atoms with van der Waals surface area (Å²) in [5, 5.41) is 12.4. The third-order valence-corrected chi connectivity index (χ3v) is 9.27. The number of nitrogens with zero attached hydrogens (tertiary/aromatic N) is 7. The standard InChI is InChI=1S/C35H39Cl2N9O3/c1-6-44-12-14-45(15-13-44)23-9-10-25(26(17-23)42-31(47)8-7-11-43(2)3)41-30-18-27-22(20-38-30)16-24(35-39-21-40-46(27)35)32-33(36)28(48-4)19-29(49-5)34(32)37/h7-10,16-21H,6,11-15H2,1-5H3,(H,38,41)(H,42,47)/b8-7+. The molecule has 1 aliphatic heterocycles. The normalized spacial score (nSPS) is 13.9. The predicted molar refractivity (Wildman–Crippen MR) is 197 cm³/mol. The summed E-state index contributed by atoms with van der Waals surface area (Å²) in [5.41, 5.74) is 4.83. The second kappa shape index (κ2) is 14.9. The highest BCUT2D eigenvalue weighted by atomic mass is 35.5. The Morgan fingerprint density at radius 3 is 2.39 bits per heavy atom. The molecule has 0 aliphatic carbocycles. The Balaban J connectivity index is 1.37. The molecule has 6 rings (SSSR count). The van der Waals surface area contributed by atoms with Crippen molar-refractivity contribution in [1.29, 1.82) is 0 Å². The van der Waals surface area contributed by atoms with Crippen LogP contribution in [-0.4, -0.2) is 103 Å². The van der Waals surface area contributed by atoms with Gasteiger partial charge in [-0.2, -0.15) is 5.10 Å². The SMILES string of the molecule is CCN1CCN(c2ccc(Nc3cc4c(cn3)cc(-c3c(Cl)c(OC)cc(OC)c3Cl)c3ncnn34)c(NC(=O)/C=C/CN(C)C)c2)CC1. The highest BCUT2D eigenvalue weighted by Gasteiger charge is 2.23. The predicted octanol–water partition coefficient (Wildman–Crippen LogP) is 6.21. The second-order valence-corrected chi connectivity index (χ2v) is 12.7. The van der Waals surface area contributed by atoms with Gasteiger partial charge in [0, 0.05) is 79.3 Å². The molecule has 1 aliphatic rings. The van der Waals surface area contributed by atoms with Crippen molar-refractivity contribution in [3.8, 4) is 22.6 Å². The fourth-order valence-corrected chi connectivity index (χ4v) is 6.60. The fraction of sp³-hybridized carbons (Fsp3) is 0.314. The van der Waals surface area contributed by atoms with Crippen molar-refractivity contribution in [3.63, 3.8) is 0 Å². The fourth-order valence-electron chi connectivity index (χ4n) is 5.89. The first-order chi connectivity index (χ1) is 23.7. The molecular weight excluding hydrogens is 665 g/mol. The van der Waals surface area contributed by atoms with Crippen LogP contribution in [-0.2, 0) is 4.79 Å². The number of anilines is 4. The number of aromatic nitrogens is 4. The van der Waals surface area contributed by atoms with Gasteiger partial charge in [-0.1, -0.05) is 36.2 Å². The molecule has 0 saturated carbocycles. The number of carbonyl (C=O) groups excluding carboxylic acids is 1. The summed E-state index contributed by atoms with van der Waals surface area (Å²) in [4.78, 5) is 29.0. The monoisotopic (exact) mass is 703 g/mol. The van der Waals surface area contributed by atoms with Crippen molar-refractivity contribution in [2.75, 3.05) is 83.1 Å². The van der Waals surface area contributed by atoms with Gasteiger partial charge in [0.1, 0.15) is 23.6 Å². The van der Waals surface area contributed by atoms with E-state index < -0.39 is 0 Å². The maximum atomic E-state index is 13.0. The Bertz CT molecular complexity index is 2000. The summed E-state index contributed by atoms with van der Waals surface area (Å²) in [6, 6.07) is 11.5. The summed E-state index contributed by atoms with van der Waals surface area (Å²) >= 11 is 13.6. The van der Waals surface area contributed by atoms with Crippen molar-refractivity contribution in [3.05, 3.63) is 71.1 Å². The van der Waals surface area contributed by atoms with Crippen LogP contribution in [0.2, 0.25) is 10.0 Å².